The lowest BCUT2D eigenvalue weighted by molar-refractivity contribution is -0.148. The third-order valence-corrected chi connectivity index (χ3v) is 4.64. The standard InChI is InChI=1S/C16H33N3O2/c1-7-9-17-16(3,15(20)21-6)8-10-19-11-13(2)14(12-19)18(4)5/h13-14,17H,7-12H2,1-6H3. The van der Waals surface area contributed by atoms with Gasteiger partial charge in [-0.25, -0.2) is 0 Å². The Labute approximate surface area is 130 Å². The summed E-state index contributed by atoms with van der Waals surface area (Å²) in [6, 6.07) is 0.609. The molecule has 1 heterocycles. The van der Waals surface area contributed by atoms with E-state index in [1.54, 1.807) is 0 Å². The predicted octanol–water partition coefficient (Wildman–Crippen LogP) is 1.19. The van der Waals surface area contributed by atoms with Crippen LogP contribution >= 0.6 is 0 Å². The van der Waals surface area contributed by atoms with E-state index in [9.17, 15) is 4.79 Å². The number of carbonyl (C=O) groups excluding carboxylic acids is 1. The fraction of sp³-hybridized carbons (Fsp3) is 0.938. The minimum atomic E-state index is -0.579. The van der Waals surface area contributed by atoms with Crippen molar-refractivity contribution in [3.05, 3.63) is 0 Å². The second-order valence-corrected chi connectivity index (χ2v) is 6.77. The Morgan fingerprint density at radius 2 is 2.10 bits per heavy atom. The highest BCUT2D eigenvalue weighted by atomic mass is 16.5. The normalized spacial score (nSPS) is 26.0. The zero-order valence-electron chi connectivity index (χ0n) is 14.6. The average molecular weight is 299 g/mol. The molecule has 124 valence electrons. The number of rotatable bonds is 8. The monoisotopic (exact) mass is 299 g/mol. The quantitative estimate of drug-likeness (QED) is 0.682. The largest absolute Gasteiger partial charge is 0.468 e. The van der Waals surface area contributed by atoms with Gasteiger partial charge in [0.25, 0.3) is 0 Å². The van der Waals surface area contributed by atoms with Crippen LogP contribution < -0.4 is 5.32 Å². The van der Waals surface area contributed by atoms with Crippen LogP contribution in [0, 0.1) is 5.92 Å². The molecule has 0 bridgehead atoms. The van der Waals surface area contributed by atoms with Crippen molar-refractivity contribution in [3.63, 3.8) is 0 Å². The van der Waals surface area contributed by atoms with Gasteiger partial charge in [-0.1, -0.05) is 13.8 Å². The van der Waals surface area contributed by atoms with Crippen LogP contribution in [0.4, 0.5) is 0 Å². The summed E-state index contributed by atoms with van der Waals surface area (Å²) < 4.78 is 4.98. The first kappa shape index (κ1) is 18.4. The van der Waals surface area contributed by atoms with Crippen molar-refractivity contribution < 1.29 is 9.53 Å². The molecular weight excluding hydrogens is 266 g/mol. The zero-order valence-corrected chi connectivity index (χ0v) is 14.6. The van der Waals surface area contributed by atoms with Gasteiger partial charge in [0.05, 0.1) is 7.11 Å². The number of likely N-dealkylation sites (N-methyl/N-ethyl adjacent to an activating group) is 1. The molecule has 1 rings (SSSR count). The molecule has 1 saturated heterocycles. The molecular formula is C16H33N3O2. The van der Waals surface area contributed by atoms with Gasteiger partial charge < -0.3 is 19.9 Å². The van der Waals surface area contributed by atoms with Gasteiger partial charge in [-0.3, -0.25) is 4.79 Å². The molecule has 3 atom stereocenters. The molecule has 21 heavy (non-hydrogen) atoms. The highest BCUT2D eigenvalue weighted by Crippen LogP contribution is 2.22. The minimum absolute atomic E-state index is 0.160. The Morgan fingerprint density at radius 3 is 2.57 bits per heavy atom. The van der Waals surface area contributed by atoms with Crippen LogP contribution in [0.5, 0.6) is 0 Å². The summed E-state index contributed by atoms with van der Waals surface area (Å²) in [7, 11) is 5.76. The van der Waals surface area contributed by atoms with Gasteiger partial charge in [0, 0.05) is 25.7 Å². The van der Waals surface area contributed by atoms with Crippen LogP contribution in [0.2, 0.25) is 0 Å². The number of ether oxygens (including phenoxy) is 1. The van der Waals surface area contributed by atoms with Gasteiger partial charge in [-0.15, -0.1) is 0 Å². The topological polar surface area (TPSA) is 44.8 Å². The van der Waals surface area contributed by atoms with Crippen molar-refractivity contribution in [1.82, 2.24) is 15.1 Å². The number of nitrogens with one attached hydrogen (secondary N) is 1. The maximum absolute atomic E-state index is 12.1. The molecule has 0 radical (unpaired) electrons. The summed E-state index contributed by atoms with van der Waals surface area (Å²) in [6.45, 7) is 10.3. The Bertz CT molecular complexity index is 335. The molecule has 1 aliphatic heterocycles. The lowest BCUT2D eigenvalue weighted by Gasteiger charge is -2.30. The Morgan fingerprint density at radius 1 is 1.43 bits per heavy atom. The number of nitrogens with zero attached hydrogens (tertiary/aromatic N) is 2. The summed E-state index contributed by atoms with van der Waals surface area (Å²) in [6.07, 6.45) is 1.79. The SMILES string of the molecule is CCCNC(C)(CCN1CC(C)C(N(C)C)C1)C(=O)OC. The molecule has 0 amide bonds. The van der Waals surface area contributed by atoms with E-state index in [1.807, 2.05) is 6.92 Å². The fourth-order valence-electron chi connectivity index (χ4n) is 3.17. The molecule has 0 aromatic carbocycles. The number of methoxy groups -OCH3 is 1. The van der Waals surface area contributed by atoms with E-state index in [0.29, 0.717) is 12.0 Å². The van der Waals surface area contributed by atoms with E-state index in [1.165, 1.54) is 7.11 Å². The van der Waals surface area contributed by atoms with Crippen molar-refractivity contribution in [2.45, 2.75) is 45.2 Å². The Balaban J connectivity index is 2.56. The van der Waals surface area contributed by atoms with Crippen molar-refractivity contribution >= 4 is 5.97 Å². The Hall–Kier alpha value is -0.650. The second-order valence-electron chi connectivity index (χ2n) is 6.77. The van der Waals surface area contributed by atoms with Crippen LogP contribution in [-0.4, -0.2) is 74.7 Å². The maximum atomic E-state index is 12.1. The fourth-order valence-corrected chi connectivity index (χ4v) is 3.17. The van der Waals surface area contributed by atoms with Crippen LogP contribution in [0.15, 0.2) is 0 Å². The molecule has 0 aromatic heterocycles. The van der Waals surface area contributed by atoms with Crippen molar-refractivity contribution in [2.24, 2.45) is 5.92 Å². The summed E-state index contributed by atoms with van der Waals surface area (Å²) >= 11 is 0. The molecule has 1 N–H and O–H groups in total. The summed E-state index contributed by atoms with van der Waals surface area (Å²) in [4.78, 5) is 16.8. The lowest BCUT2D eigenvalue weighted by atomic mass is 9.97. The number of carbonyl (C=O) groups is 1. The first-order valence-corrected chi connectivity index (χ1v) is 8.06. The van der Waals surface area contributed by atoms with Crippen LogP contribution in [0.3, 0.4) is 0 Å². The summed E-state index contributed by atoms with van der Waals surface area (Å²) in [5.41, 5.74) is -0.579. The van der Waals surface area contributed by atoms with Gasteiger partial charge in [0.2, 0.25) is 0 Å². The van der Waals surface area contributed by atoms with Gasteiger partial charge in [-0.2, -0.15) is 0 Å². The molecule has 5 heteroatoms. The number of esters is 1. The average Bonchev–Trinajstić information content (AvgIpc) is 2.83. The molecule has 0 saturated carbocycles. The van der Waals surface area contributed by atoms with E-state index in [2.05, 4.69) is 43.1 Å². The van der Waals surface area contributed by atoms with Crippen LogP contribution in [0.1, 0.15) is 33.6 Å². The number of hydrogen-bond donors (Lipinski definition) is 1. The molecule has 3 unspecified atom stereocenters. The third-order valence-electron chi connectivity index (χ3n) is 4.64. The van der Waals surface area contributed by atoms with E-state index >= 15 is 0 Å². The van der Waals surface area contributed by atoms with Crippen molar-refractivity contribution in [3.8, 4) is 0 Å². The van der Waals surface area contributed by atoms with E-state index < -0.39 is 5.54 Å². The zero-order chi connectivity index (χ0) is 16.0. The van der Waals surface area contributed by atoms with Gasteiger partial charge in [-0.05, 0) is 46.3 Å². The molecule has 0 aliphatic carbocycles. The van der Waals surface area contributed by atoms with Gasteiger partial charge in [0.1, 0.15) is 5.54 Å². The second kappa shape index (κ2) is 8.11. The maximum Gasteiger partial charge on any atom is 0.325 e. The van der Waals surface area contributed by atoms with Gasteiger partial charge in [0.15, 0.2) is 0 Å². The lowest BCUT2D eigenvalue weighted by Crippen LogP contribution is -2.52. The van der Waals surface area contributed by atoms with E-state index in [0.717, 1.165) is 39.0 Å². The third kappa shape index (κ3) is 4.94. The van der Waals surface area contributed by atoms with E-state index in [4.69, 9.17) is 4.74 Å². The Kier molecular flexibility index (Phi) is 7.10. The van der Waals surface area contributed by atoms with Crippen LogP contribution in [0.25, 0.3) is 0 Å². The summed E-state index contributed by atoms with van der Waals surface area (Å²) in [5, 5.41) is 3.35. The molecule has 5 nitrogen and oxygen atoms in total. The molecule has 1 fully saturated rings. The first-order valence-electron chi connectivity index (χ1n) is 8.06. The van der Waals surface area contributed by atoms with Crippen molar-refractivity contribution in [1.29, 1.82) is 0 Å². The number of likely N-dealkylation sites (tertiary alicyclic amines) is 1. The first-order chi connectivity index (χ1) is 9.84. The van der Waals surface area contributed by atoms with Gasteiger partial charge >= 0.3 is 5.97 Å². The number of hydrogen-bond acceptors (Lipinski definition) is 5. The van der Waals surface area contributed by atoms with Crippen molar-refractivity contribution in [2.75, 3.05) is 47.4 Å². The smallest absolute Gasteiger partial charge is 0.325 e. The van der Waals surface area contributed by atoms with Crippen LogP contribution in [-0.2, 0) is 9.53 Å². The van der Waals surface area contributed by atoms with E-state index in [-0.39, 0.29) is 5.97 Å². The minimum Gasteiger partial charge on any atom is -0.468 e. The predicted molar refractivity (Wildman–Crippen MR) is 86.4 cm³/mol. The highest BCUT2D eigenvalue weighted by Gasteiger charge is 2.36. The highest BCUT2D eigenvalue weighted by molar-refractivity contribution is 5.80. The molecule has 0 spiro atoms. The summed E-state index contributed by atoms with van der Waals surface area (Å²) in [5.74, 6) is 0.514. The molecule has 0 aromatic rings. The molecule has 1 aliphatic rings.